The van der Waals surface area contributed by atoms with Gasteiger partial charge >= 0.3 is 0 Å². The monoisotopic (exact) mass is 295 g/mol. The Bertz CT molecular complexity index is 666. The van der Waals surface area contributed by atoms with Crippen LogP contribution in [-0.2, 0) is 16.6 Å². The highest BCUT2D eigenvalue weighted by Gasteiger charge is 2.30. The highest BCUT2D eigenvalue weighted by molar-refractivity contribution is 7.89. The highest BCUT2D eigenvalue weighted by Crippen LogP contribution is 2.23. The summed E-state index contributed by atoms with van der Waals surface area (Å²) in [4.78, 5) is 4.15. The lowest BCUT2D eigenvalue weighted by Crippen LogP contribution is -2.36. The van der Waals surface area contributed by atoms with E-state index in [0.29, 0.717) is 5.69 Å². The molecule has 0 atom stereocenters. The maximum atomic E-state index is 12.6. The molecule has 108 valence electrons. The molecule has 2 heterocycles. The minimum atomic E-state index is -3.71. The van der Waals surface area contributed by atoms with Crippen molar-refractivity contribution in [2.24, 2.45) is 0 Å². The molecule has 0 fully saturated rings. The van der Waals surface area contributed by atoms with Gasteiger partial charge in [-0.1, -0.05) is 6.07 Å². The molecule has 20 heavy (non-hydrogen) atoms. The number of nitrogens with one attached hydrogen (secondary N) is 1. The standard InChI is InChI=1S/C12H17N5O2S/c1-9(2)17(8-10-5-3-4-6-14-10)20(18,19)11-7-15-16-12(11)13/h3-7,9H,8H2,1-2H3,(H3,13,15,16). The second-order valence-corrected chi connectivity index (χ2v) is 6.47. The summed E-state index contributed by atoms with van der Waals surface area (Å²) in [6, 6.07) is 5.16. The van der Waals surface area contributed by atoms with Crippen molar-refractivity contribution in [2.75, 3.05) is 5.73 Å². The van der Waals surface area contributed by atoms with Crippen LogP contribution in [0.4, 0.5) is 5.82 Å². The number of sulfonamides is 1. The van der Waals surface area contributed by atoms with E-state index in [-0.39, 0.29) is 23.3 Å². The number of nitrogens with two attached hydrogens (primary N) is 1. The van der Waals surface area contributed by atoms with E-state index >= 15 is 0 Å². The highest BCUT2D eigenvalue weighted by atomic mass is 32.2. The number of nitrogen functional groups attached to an aromatic ring is 1. The Morgan fingerprint density at radius 3 is 2.65 bits per heavy atom. The summed E-state index contributed by atoms with van der Waals surface area (Å²) in [5, 5.41) is 6.10. The van der Waals surface area contributed by atoms with Crippen molar-refractivity contribution in [1.29, 1.82) is 0 Å². The van der Waals surface area contributed by atoms with Crippen LogP contribution in [0.3, 0.4) is 0 Å². The molecule has 0 bridgehead atoms. The fourth-order valence-corrected chi connectivity index (χ4v) is 3.43. The Morgan fingerprint density at radius 2 is 2.15 bits per heavy atom. The fraction of sp³-hybridized carbons (Fsp3) is 0.333. The summed E-state index contributed by atoms with van der Waals surface area (Å²) >= 11 is 0. The zero-order valence-corrected chi connectivity index (χ0v) is 12.1. The molecule has 2 aromatic heterocycles. The third-order valence-corrected chi connectivity index (χ3v) is 4.89. The third kappa shape index (κ3) is 2.81. The summed E-state index contributed by atoms with van der Waals surface area (Å²) in [5.74, 6) is 0.0386. The molecule has 0 aromatic carbocycles. The van der Waals surface area contributed by atoms with E-state index in [1.165, 1.54) is 10.5 Å². The molecule has 0 spiro atoms. The summed E-state index contributed by atoms with van der Waals surface area (Å²) in [6.07, 6.45) is 2.85. The molecule has 2 rings (SSSR count). The van der Waals surface area contributed by atoms with E-state index in [2.05, 4.69) is 15.2 Å². The average Bonchev–Trinajstić information content (AvgIpc) is 2.83. The minimum Gasteiger partial charge on any atom is -0.383 e. The van der Waals surface area contributed by atoms with Crippen LogP contribution >= 0.6 is 0 Å². The lowest BCUT2D eigenvalue weighted by molar-refractivity contribution is 0.345. The number of hydrogen-bond acceptors (Lipinski definition) is 5. The van der Waals surface area contributed by atoms with Crippen molar-refractivity contribution >= 4 is 15.8 Å². The smallest absolute Gasteiger partial charge is 0.248 e. The summed E-state index contributed by atoms with van der Waals surface area (Å²) < 4.78 is 26.6. The van der Waals surface area contributed by atoms with Gasteiger partial charge in [-0.05, 0) is 26.0 Å². The van der Waals surface area contributed by atoms with E-state index in [0.717, 1.165) is 0 Å². The van der Waals surface area contributed by atoms with E-state index in [1.54, 1.807) is 32.2 Å². The number of anilines is 1. The molecule has 0 amide bonds. The first-order valence-electron chi connectivity index (χ1n) is 6.13. The second kappa shape index (κ2) is 5.59. The molecule has 7 nitrogen and oxygen atoms in total. The van der Waals surface area contributed by atoms with Gasteiger partial charge in [0.15, 0.2) is 0 Å². The van der Waals surface area contributed by atoms with Crippen LogP contribution in [0.1, 0.15) is 19.5 Å². The van der Waals surface area contributed by atoms with Gasteiger partial charge in [-0.15, -0.1) is 0 Å². The van der Waals surface area contributed by atoms with Gasteiger partial charge in [-0.3, -0.25) is 10.1 Å². The molecular formula is C12H17N5O2S. The molecule has 2 aromatic rings. The average molecular weight is 295 g/mol. The summed E-state index contributed by atoms with van der Waals surface area (Å²) in [5.41, 5.74) is 6.29. The normalized spacial score (nSPS) is 12.2. The van der Waals surface area contributed by atoms with Crippen LogP contribution in [0.2, 0.25) is 0 Å². The number of H-pyrrole nitrogens is 1. The number of aromatic nitrogens is 3. The maximum absolute atomic E-state index is 12.6. The van der Waals surface area contributed by atoms with E-state index in [4.69, 9.17) is 5.73 Å². The predicted molar refractivity (Wildman–Crippen MR) is 75.1 cm³/mol. The van der Waals surface area contributed by atoms with Gasteiger partial charge in [-0.25, -0.2) is 8.42 Å². The lowest BCUT2D eigenvalue weighted by atomic mass is 10.3. The van der Waals surface area contributed by atoms with Gasteiger partial charge in [0.05, 0.1) is 18.4 Å². The number of pyridine rings is 1. The minimum absolute atomic E-state index is 0.0119. The Morgan fingerprint density at radius 1 is 1.40 bits per heavy atom. The van der Waals surface area contributed by atoms with E-state index in [1.807, 2.05) is 6.07 Å². The van der Waals surface area contributed by atoms with Gasteiger partial charge in [0.25, 0.3) is 0 Å². The SMILES string of the molecule is CC(C)N(Cc1ccccn1)S(=O)(=O)c1cn[nH]c1N. The number of aromatic amines is 1. The predicted octanol–water partition coefficient (Wildman–Crippen LogP) is 0.986. The quantitative estimate of drug-likeness (QED) is 0.855. The molecule has 0 aliphatic heterocycles. The van der Waals surface area contributed by atoms with Crippen LogP contribution < -0.4 is 5.73 Å². The molecule has 3 N–H and O–H groups in total. The zero-order valence-electron chi connectivity index (χ0n) is 11.3. The first-order chi connectivity index (χ1) is 9.43. The van der Waals surface area contributed by atoms with Crippen molar-refractivity contribution in [3.05, 3.63) is 36.3 Å². The Balaban J connectivity index is 2.37. The third-order valence-electron chi connectivity index (χ3n) is 2.84. The Labute approximate surface area is 117 Å². The summed E-state index contributed by atoms with van der Waals surface area (Å²) in [6.45, 7) is 3.79. The van der Waals surface area contributed by atoms with E-state index in [9.17, 15) is 8.42 Å². The molecule has 0 saturated carbocycles. The van der Waals surface area contributed by atoms with Crippen LogP contribution in [0.25, 0.3) is 0 Å². The molecule has 0 saturated heterocycles. The van der Waals surface area contributed by atoms with Gasteiger partial charge < -0.3 is 5.73 Å². The topological polar surface area (TPSA) is 105 Å². The van der Waals surface area contributed by atoms with E-state index < -0.39 is 10.0 Å². The van der Waals surface area contributed by atoms with Crippen molar-refractivity contribution in [2.45, 2.75) is 31.3 Å². The van der Waals surface area contributed by atoms with Crippen molar-refractivity contribution in [3.63, 3.8) is 0 Å². The largest absolute Gasteiger partial charge is 0.383 e. The zero-order chi connectivity index (χ0) is 14.8. The molecule has 0 radical (unpaired) electrons. The maximum Gasteiger partial charge on any atom is 0.248 e. The van der Waals surface area contributed by atoms with Crippen LogP contribution in [0.5, 0.6) is 0 Å². The van der Waals surface area contributed by atoms with Gasteiger partial charge in [0.2, 0.25) is 10.0 Å². The van der Waals surface area contributed by atoms with Gasteiger partial charge in [0.1, 0.15) is 10.7 Å². The Kier molecular flexibility index (Phi) is 4.05. The number of hydrogen-bond donors (Lipinski definition) is 2. The van der Waals surface area contributed by atoms with Crippen molar-refractivity contribution in [1.82, 2.24) is 19.5 Å². The van der Waals surface area contributed by atoms with Gasteiger partial charge in [0, 0.05) is 12.2 Å². The van der Waals surface area contributed by atoms with Crippen LogP contribution in [-0.4, -0.2) is 33.9 Å². The van der Waals surface area contributed by atoms with Crippen LogP contribution in [0, 0.1) is 0 Å². The van der Waals surface area contributed by atoms with Crippen molar-refractivity contribution in [3.8, 4) is 0 Å². The van der Waals surface area contributed by atoms with Crippen molar-refractivity contribution < 1.29 is 8.42 Å². The van der Waals surface area contributed by atoms with Crippen LogP contribution in [0.15, 0.2) is 35.5 Å². The molecule has 0 aliphatic carbocycles. The lowest BCUT2D eigenvalue weighted by Gasteiger charge is -2.25. The Hall–Kier alpha value is -1.93. The molecule has 0 aliphatic rings. The molecule has 8 heteroatoms. The number of nitrogens with zero attached hydrogens (tertiary/aromatic N) is 3. The number of rotatable bonds is 5. The fourth-order valence-electron chi connectivity index (χ4n) is 1.81. The first kappa shape index (κ1) is 14.5. The second-order valence-electron chi connectivity index (χ2n) is 4.61. The summed E-state index contributed by atoms with van der Waals surface area (Å²) in [7, 11) is -3.71. The van der Waals surface area contributed by atoms with Gasteiger partial charge in [-0.2, -0.15) is 9.40 Å². The first-order valence-corrected chi connectivity index (χ1v) is 7.57. The molecular weight excluding hydrogens is 278 g/mol. The molecule has 0 unspecified atom stereocenters.